The lowest BCUT2D eigenvalue weighted by atomic mass is 9.91. The molecule has 0 aliphatic rings. The molecule has 160 valence electrons. The van der Waals surface area contributed by atoms with Gasteiger partial charge in [0.1, 0.15) is 5.69 Å². The number of imidazole rings is 1. The van der Waals surface area contributed by atoms with E-state index in [-0.39, 0.29) is 5.41 Å². The maximum Gasteiger partial charge on any atom is 0.159 e. The SMILES string of the molecule is C=C(CC(C)(C)C)Nc1cncc(-c2cc3c(-c4nc5ccncc5[nH]4)n[nH]c3cn2)c1. The van der Waals surface area contributed by atoms with Crippen LogP contribution in [0, 0.1) is 5.41 Å². The molecule has 0 radical (unpaired) electrons. The lowest BCUT2D eigenvalue weighted by Crippen LogP contribution is -2.10. The van der Waals surface area contributed by atoms with Gasteiger partial charge >= 0.3 is 0 Å². The van der Waals surface area contributed by atoms with Crippen LogP contribution < -0.4 is 5.32 Å². The van der Waals surface area contributed by atoms with Gasteiger partial charge in [-0.1, -0.05) is 27.4 Å². The number of fused-ring (bicyclic) bond motifs is 2. The molecule has 0 atom stereocenters. The summed E-state index contributed by atoms with van der Waals surface area (Å²) < 4.78 is 0. The maximum absolute atomic E-state index is 4.65. The van der Waals surface area contributed by atoms with E-state index in [1.807, 2.05) is 18.2 Å². The first-order valence-corrected chi connectivity index (χ1v) is 10.4. The number of aromatic amines is 2. The third kappa shape index (κ3) is 3.94. The number of pyridine rings is 3. The first-order chi connectivity index (χ1) is 15.4. The second kappa shape index (κ2) is 7.56. The van der Waals surface area contributed by atoms with Crippen molar-refractivity contribution >= 4 is 27.6 Å². The number of H-pyrrole nitrogens is 2. The van der Waals surface area contributed by atoms with E-state index in [1.54, 1.807) is 31.0 Å². The second-order valence-electron chi connectivity index (χ2n) is 9.09. The van der Waals surface area contributed by atoms with Gasteiger partial charge in [-0.3, -0.25) is 20.1 Å². The van der Waals surface area contributed by atoms with Gasteiger partial charge in [0.2, 0.25) is 0 Å². The van der Waals surface area contributed by atoms with E-state index < -0.39 is 0 Å². The number of aromatic nitrogens is 7. The van der Waals surface area contributed by atoms with Gasteiger partial charge in [-0.25, -0.2) is 4.98 Å². The molecule has 0 amide bonds. The van der Waals surface area contributed by atoms with E-state index in [0.717, 1.165) is 56.7 Å². The highest BCUT2D eigenvalue weighted by Gasteiger charge is 2.15. The van der Waals surface area contributed by atoms with Crippen LogP contribution in [0.1, 0.15) is 27.2 Å². The first kappa shape index (κ1) is 19.9. The van der Waals surface area contributed by atoms with Crippen molar-refractivity contribution in [1.29, 1.82) is 0 Å². The van der Waals surface area contributed by atoms with Crippen LogP contribution in [0.25, 0.3) is 44.7 Å². The average molecular weight is 425 g/mol. The summed E-state index contributed by atoms with van der Waals surface area (Å²) in [4.78, 5) is 21.1. The number of hydrogen-bond donors (Lipinski definition) is 3. The molecule has 8 nitrogen and oxygen atoms in total. The summed E-state index contributed by atoms with van der Waals surface area (Å²) in [6.45, 7) is 10.7. The van der Waals surface area contributed by atoms with Gasteiger partial charge in [-0.2, -0.15) is 5.10 Å². The molecule has 3 N–H and O–H groups in total. The molecule has 5 aromatic heterocycles. The topological polar surface area (TPSA) is 108 Å². The molecule has 32 heavy (non-hydrogen) atoms. The molecule has 0 bridgehead atoms. The van der Waals surface area contributed by atoms with Crippen LogP contribution in [0.5, 0.6) is 0 Å². The molecule has 0 saturated heterocycles. The average Bonchev–Trinajstić information content (AvgIpc) is 3.35. The van der Waals surface area contributed by atoms with E-state index in [0.29, 0.717) is 5.82 Å². The Balaban J connectivity index is 1.49. The maximum atomic E-state index is 4.65. The zero-order valence-electron chi connectivity index (χ0n) is 18.3. The summed E-state index contributed by atoms with van der Waals surface area (Å²) in [6.07, 6.45) is 9.73. The third-order valence-corrected chi connectivity index (χ3v) is 5.05. The summed E-state index contributed by atoms with van der Waals surface area (Å²) in [5.41, 5.74) is 6.99. The number of hydrogen-bond acceptors (Lipinski definition) is 6. The van der Waals surface area contributed by atoms with Crippen LogP contribution in [-0.2, 0) is 0 Å². The van der Waals surface area contributed by atoms with Crippen LogP contribution in [-0.4, -0.2) is 35.1 Å². The predicted octanol–water partition coefficient (Wildman–Crippen LogP) is 5.32. The molecule has 5 heterocycles. The fourth-order valence-electron chi connectivity index (χ4n) is 3.76. The van der Waals surface area contributed by atoms with Gasteiger partial charge < -0.3 is 10.3 Å². The van der Waals surface area contributed by atoms with Gasteiger partial charge in [-0.15, -0.1) is 0 Å². The molecule has 0 spiro atoms. The Hall–Kier alpha value is -4.07. The van der Waals surface area contributed by atoms with Gasteiger partial charge in [0, 0.05) is 29.0 Å². The lowest BCUT2D eigenvalue weighted by molar-refractivity contribution is 0.411. The van der Waals surface area contributed by atoms with Crippen molar-refractivity contribution in [2.75, 3.05) is 5.32 Å². The normalized spacial score (nSPS) is 11.8. The molecule has 0 aliphatic heterocycles. The molecule has 5 aromatic rings. The lowest BCUT2D eigenvalue weighted by Gasteiger charge is -2.20. The summed E-state index contributed by atoms with van der Waals surface area (Å²) in [6, 6.07) is 5.90. The number of anilines is 1. The zero-order chi connectivity index (χ0) is 22.3. The summed E-state index contributed by atoms with van der Waals surface area (Å²) in [5.74, 6) is 0.684. The van der Waals surface area contributed by atoms with Crippen molar-refractivity contribution in [1.82, 2.24) is 35.1 Å². The van der Waals surface area contributed by atoms with E-state index in [4.69, 9.17) is 0 Å². The number of nitrogens with zero attached hydrogens (tertiary/aromatic N) is 5. The number of rotatable bonds is 5. The van der Waals surface area contributed by atoms with Crippen LogP contribution in [0.15, 0.2) is 61.5 Å². The second-order valence-corrected chi connectivity index (χ2v) is 9.09. The number of nitrogens with one attached hydrogen (secondary N) is 3. The van der Waals surface area contributed by atoms with E-state index >= 15 is 0 Å². The quantitative estimate of drug-likeness (QED) is 0.352. The monoisotopic (exact) mass is 424 g/mol. The number of allylic oxidation sites excluding steroid dienone is 1. The Labute approximate surface area is 185 Å². The standard InChI is InChI=1S/C24H24N8/c1-14(9-24(2,3)4)28-16-7-15(10-26-11-16)19-8-17-20(13-27-19)31-32-22(17)23-29-18-5-6-25-12-21(18)30-23/h5-8,10-13,28H,1,9H2,2-4H3,(H,29,30)(H,31,32). The highest BCUT2D eigenvalue weighted by Crippen LogP contribution is 2.30. The fourth-order valence-corrected chi connectivity index (χ4v) is 3.76. The van der Waals surface area contributed by atoms with Crippen molar-refractivity contribution in [3.63, 3.8) is 0 Å². The smallest absolute Gasteiger partial charge is 0.159 e. The molecule has 0 aliphatic carbocycles. The van der Waals surface area contributed by atoms with Crippen molar-refractivity contribution in [2.24, 2.45) is 5.41 Å². The fraction of sp³-hybridized carbons (Fsp3) is 0.208. The summed E-state index contributed by atoms with van der Waals surface area (Å²) in [5, 5.41) is 11.8. The van der Waals surface area contributed by atoms with E-state index in [2.05, 4.69) is 67.8 Å². The Bertz CT molecular complexity index is 1400. The summed E-state index contributed by atoms with van der Waals surface area (Å²) >= 11 is 0. The molecule has 8 heteroatoms. The summed E-state index contributed by atoms with van der Waals surface area (Å²) in [7, 11) is 0. The highest BCUT2D eigenvalue weighted by molar-refractivity contribution is 5.94. The van der Waals surface area contributed by atoms with E-state index in [9.17, 15) is 0 Å². The Morgan fingerprint density at radius 1 is 1.06 bits per heavy atom. The largest absolute Gasteiger partial charge is 0.358 e. The van der Waals surface area contributed by atoms with Crippen molar-refractivity contribution in [3.05, 3.63) is 61.5 Å². The molecule has 0 fully saturated rings. The molecule has 0 aromatic carbocycles. The minimum absolute atomic E-state index is 0.159. The van der Waals surface area contributed by atoms with Crippen molar-refractivity contribution in [2.45, 2.75) is 27.2 Å². The highest BCUT2D eigenvalue weighted by atomic mass is 15.1. The molecule has 5 rings (SSSR count). The van der Waals surface area contributed by atoms with Crippen LogP contribution >= 0.6 is 0 Å². The van der Waals surface area contributed by atoms with E-state index in [1.165, 1.54) is 0 Å². The van der Waals surface area contributed by atoms with Crippen molar-refractivity contribution < 1.29 is 0 Å². The van der Waals surface area contributed by atoms with Gasteiger partial charge in [0.05, 0.1) is 46.5 Å². The van der Waals surface area contributed by atoms with Crippen LogP contribution in [0.2, 0.25) is 0 Å². The molecule has 0 unspecified atom stereocenters. The molecule has 0 saturated carbocycles. The van der Waals surface area contributed by atoms with Crippen molar-refractivity contribution in [3.8, 4) is 22.8 Å². The molecular formula is C24H24N8. The minimum Gasteiger partial charge on any atom is -0.358 e. The van der Waals surface area contributed by atoms with Gasteiger partial charge in [0.25, 0.3) is 0 Å². The Kier molecular flexibility index (Phi) is 4.70. The molecular weight excluding hydrogens is 400 g/mol. The predicted molar refractivity (Wildman–Crippen MR) is 127 cm³/mol. The minimum atomic E-state index is 0.159. The van der Waals surface area contributed by atoms with Gasteiger partial charge in [0.15, 0.2) is 5.82 Å². The van der Waals surface area contributed by atoms with Gasteiger partial charge in [-0.05, 0) is 30.0 Å². The van der Waals surface area contributed by atoms with Crippen LogP contribution in [0.4, 0.5) is 5.69 Å². The van der Waals surface area contributed by atoms with Crippen LogP contribution in [0.3, 0.4) is 0 Å². The Morgan fingerprint density at radius 3 is 2.75 bits per heavy atom. The third-order valence-electron chi connectivity index (χ3n) is 5.05. The Morgan fingerprint density at radius 2 is 1.94 bits per heavy atom. The first-order valence-electron chi connectivity index (χ1n) is 10.4. The zero-order valence-corrected chi connectivity index (χ0v) is 18.3.